The molecule has 1 aliphatic heterocycles. The van der Waals surface area contributed by atoms with E-state index in [1.165, 1.54) is 0 Å². The predicted octanol–water partition coefficient (Wildman–Crippen LogP) is 2.27. The van der Waals surface area contributed by atoms with E-state index in [2.05, 4.69) is 20.9 Å². The zero-order valence-electron chi connectivity index (χ0n) is 15.9. The standard InChI is InChI=1S/C20H20N4O4S/c1-29(25,26)28-20-19(16-10-14(11-21)2-4-17(16)23-20)18-5-3-15(12-22-18)13-24-6-8-27-9-7-24/h2-5,10,12,23H,6-9,13H2,1H3. The van der Waals surface area contributed by atoms with Gasteiger partial charge in [-0.15, -0.1) is 0 Å². The van der Waals surface area contributed by atoms with Crippen LogP contribution in [0.25, 0.3) is 22.2 Å². The molecule has 0 bridgehead atoms. The highest BCUT2D eigenvalue weighted by Crippen LogP contribution is 2.37. The number of ether oxygens (including phenoxy) is 1. The number of rotatable bonds is 5. The molecule has 0 saturated carbocycles. The number of nitrogens with zero attached hydrogens (tertiary/aromatic N) is 3. The topological polar surface area (TPSA) is 108 Å². The number of hydrogen-bond acceptors (Lipinski definition) is 7. The van der Waals surface area contributed by atoms with Crippen molar-refractivity contribution in [2.24, 2.45) is 0 Å². The van der Waals surface area contributed by atoms with Gasteiger partial charge in [0.1, 0.15) is 0 Å². The lowest BCUT2D eigenvalue weighted by Crippen LogP contribution is -2.35. The summed E-state index contributed by atoms with van der Waals surface area (Å²) in [6.07, 6.45) is 2.77. The number of nitriles is 1. The zero-order chi connectivity index (χ0) is 20.4. The average molecular weight is 412 g/mol. The van der Waals surface area contributed by atoms with Crippen LogP contribution in [0.1, 0.15) is 11.1 Å². The van der Waals surface area contributed by atoms with E-state index in [4.69, 9.17) is 8.92 Å². The van der Waals surface area contributed by atoms with Gasteiger partial charge in [-0.05, 0) is 29.8 Å². The van der Waals surface area contributed by atoms with Gasteiger partial charge in [-0.3, -0.25) is 9.88 Å². The molecular formula is C20H20N4O4S. The third-order valence-corrected chi connectivity index (χ3v) is 5.19. The molecule has 1 saturated heterocycles. The Kier molecular flexibility index (Phi) is 5.24. The van der Waals surface area contributed by atoms with Gasteiger partial charge in [-0.2, -0.15) is 13.7 Å². The molecule has 9 heteroatoms. The van der Waals surface area contributed by atoms with Gasteiger partial charge in [0.2, 0.25) is 5.88 Å². The zero-order valence-corrected chi connectivity index (χ0v) is 16.7. The van der Waals surface area contributed by atoms with Gasteiger partial charge in [0, 0.05) is 36.7 Å². The molecule has 1 aliphatic rings. The van der Waals surface area contributed by atoms with Gasteiger partial charge in [-0.1, -0.05) is 6.07 Å². The van der Waals surface area contributed by atoms with Crippen LogP contribution in [0.4, 0.5) is 0 Å². The first kappa shape index (κ1) is 19.4. The number of hydrogen-bond donors (Lipinski definition) is 1. The van der Waals surface area contributed by atoms with Gasteiger partial charge in [0.25, 0.3) is 0 Å². The SMILES string of the molecule is CS(=O)(=O)Oc1[nH]c2ccc(C#N)cc2c1-c1ccc(CN2CCOCC2)cn1. The molecule has 29 heavy (non-hydrogen) atoms. The number of aromatic nitrogens is 2. The number of fused-ring (bicyclic) bond motifs is 1. The van der Waals surface area contributed by atoms with Gasteiger partial charge in [0.15, 0.2) is 0 Å². The summed E-state index contributed by atoms with van der Waals surface area (Å²) in [4.78, 5) is 9.82. The lowest BCUT2D eigenvalue weighted by molar-refractivity contribution is 0.0341. The predicted molar refractivity (Wildman–Crippen MR) is 108 cm³/mol. The maximum absolute atomic E-state index is 11.7. The Morgan fingerprint density at radius 3 is 2.72 bits per heavy atom. The molecular weight excluding hydrogens is 392 g/mol. The summed E-state index contributed by atoms with van der Waals surface area (Å²) in [5, 5.41) is 9.90. The molecule has 150 valence electrons. The van der Waals surface area contributed by atoms with E-state index in [0.717, 1.165) is 44.7 Å². The van der Waals surface area contributed by atoms with E-state index >= 15 is 0 Å². The molecule has 0 aliphatic carbocycles. The van der Waals surface area contributed by atoms with Crippen molar-refractivity contribution < 1.29 is 17.3 Å². The molecule has 8 nitrogen and oxygen atoms in total. The van der Waals surface area contributed by atoms with Crippen molar-refractivity contribution in [1.82, 2.24) is 14.9 Å². The third-order valence-electron chi connectivity index (χ3n) is 4.72. The highest BCUT2D eigenvalue weighted by atomic mass is 32.2. The van der Waals surface area contributed by atoms with E-state index in [0.29, 0.717) is 27.7 Å². The quantitative estimate of drug-likeness (QED) is 0.640. The minimum absolute atomic E-state index is 0.0889. The molecule has 0 atom stereocenters. The molecule has 3 aromatic rings. The highest BCUT2D eigenvalue weighted by molar-refractivity contribution is 7.86. The van der Waals surface area contributed by atoms with Crippen LogP contribution in [0.3, 0.4) is 0 Å². The minimum Gasteiger partial charge on any atom is -0.379 e. The number of pyridine rings is 1. The maximum atomic E-state index is 11.7. The van der Waals surface area contributed by atoms with E-state index in [-0.39, 0.29) is 5.88 Å². The van der Waals surface area contributed by atoms with Crippen LogP contribution in [-0.4, -0.2) is 55.8 Å². The summed E-state index contributed by atoms with van der Waals surface area (Å²) in [5.74, 6) is 0.0889. The van der Waals surface area contributed by atoms with Crippen LogP contribution in [0.5, 0.6) is 5.88 Å². The number of nitrogens with one attached hydrogen (secondary N) is 1. The van der Waals surface area contributed by atoms with Crippen molar-refractivity contribution in [3.63, 3.8) is 0 Å². The largest absolute Gasteiger partial charge is 0.379 e. The molecule has 1 fully saturated rings. The summed E-state index contributed by atoms with van der Waals surface area (Å²) in [6.45, 7) is 4.00. The highest BCUT2D eigenvalue weighted by Gasteiger charge is 2.20. The van der Waals surface area contributed by atoms with Gasteiger partial charge in [-0.25, -0.2) is 0 Å². The fourth-order valence-corrected chi connectivity index (χ4v) is 3.82. The molecule has 0 unspecified atom stereocenters. The van der Waals surface area contributed by atoms with Crippen LogP contribution in [0.15, 0.2) is 36.5 Å². The summed E-state index contributed by atoms with van der Waals surface area (Å²) < 4.78 is 34.0. The molecule has 1 aromatic carbocycles. The summed E-state index contributed by atoms with van der Waals surface area (Å²) >= 11 is 0. The number of aromatic amines is 1. The van der Waals surface area contributed by atoms with Crippen LogP contribution < -0.4 is 4.18 Å². The van der Waals surface area contributed by atoms with Crippen LogP contribution in [0.2, 0.25) is 0 Å². The minimum atomic E-state index is -3.74. The first-order chi connectivity index (χ1) is 13.9. The summed E-state index contributed by atoms with van der Waals surface area (Å²) in [7, 11) is -3.74. The molecule has 3 heterocycles. The number of H-pyrrole nitrogens is 1. The molecule has 0 amide bonds. The Labute approximate surface area is 168 Å². The van der Waals surface area contributed by atoms with E-state index < -0.39 is 10.1 Å². The Balaban J connectivity index is 1.73. The van der Waals surface area contributed by atoms with Crippen molar-refractivity contribution >= 4 is 21.0 Å². The number of benzene rings is 1. The molecule has 0 radical (unpaired) electrons. The number of morpholine rings is 1. The van der Waals surface area contributed by atoms with Crippen molar-refractivity contribution in [3.8, 4) is 23.2 Å². The fourth-order valence-electron chi connectivity index (χ4n) is 3.39. The summed E-state index contributed by atoms with van der Waals surface area (Å²) in [6, 6.07) is 11.0. The Morgan fingerprint density at radius 2 is 2.07 bits per heavy atom. The first-order valence-electron chi connectivity index (χ1n) is 9.13. The second-order valence-electron chi connectivity index (χ2n) is 6.93. The van der Waals surface area contributed by atoms with Crippen LogP contribution in [0, 0.1) is 11.3 Å². The fraction of sp³-hybridized carbons (Fsp3) is 0.300. The van der Waals surface area contributed by atoms with Crippen molar-refractivity contribution in [2.45, 2.75) is 6.54 Å². The van der Waals surface area contributed by atoms with Crippen molar-refractivity contribution in [2.75, 3.05) is 32.6 Å². The molecule has 2 aromatic heterocycles. The normalized spacial score (nSPS) is 15.3. The van der Waals surface area contributed by atoms with Gasteiger partial charge >= 0.3 is 10.1 Å². The van der Waals surface area contributed by atoms with Crippen LogP contribution in [-0.2, 0) is 21.4 Å². The smallest absolute Gasteiger partial charge is 0.307 e. The van der Waals surface area contributed by atoms with Crippen molar-refractivity contribution in [3.05, 3.63) is 47.7 Å². The lowest BCUT2D eigenvalue weighted by Gasteiger charge is -2.26. The van der Waals surface area contributed by atoms with E-state index in [1.807, 2.05) is 12.1 Å². The maximum Gasteiger partial charge on any atom is 0.307 e. The van der Waals surface area contributed by atoms with Crippen molar-refractivity contribution in [1.29, 1.82) is 5.26 Å². The third kappa shape index (κ3) is 4.40. The lowest BCUT2D eigenvalue weighted by atomic mass is 10.1. The Hall–Kier alpha value is -2.93. The van der Waals surface area contributed by atoms with Gasteiger partial charge in [0.05, 0.1) is 42.4 Å². The van der Waals surface area contributed by atoms with E-state index in [9.17, 15) is 13.7 Å². The average Bonchev–Trinajstić information content (AvgIpc) is 3.04. The Bertz CT molecular complexity index is 1170. The van der Waals surface area contributed by atoms with E-state index in [1.54, 1.807) is 24.4 Å². The second kappa shape index (κ2) is 7.83. The molecule has 0 spiro atoms. The van der Waals surface area contributed by atoms with Gasteiger partial charge < -0.3 is 13.9 Å². The Morgan fingerprint density at radius 1 is 1.28 bits per heavy atom. The second-order valence-corrected chi connectivity index (χ2v) is 8.50. The first-order valence-corrected chi connectivity index (χ1v) is 11.0. The summed E-state index contributed by atoms with van der Waals surface area (Å²) in [5.41, 5.74) is 3.26. The van der Waals surface area contributed by atoms with Crippen LogP contribution >= 0.6 is 0 Å². The molecule has 4 rings (SSSR count). The monoisotopic (exact) mass is 412 g/mol. The molecule has 1 N–H and O–H groups in total.